The number of rotatable bonds is 69. The molecule has 9 N–H and O–H groups in total. The summed E-state index contributed by atoms with van der Waals surface area (Å²) in [6.45, 7) is 2.95. The van der Waals surface area contributed by atoms with Gasteiger partial charge in [0.05, 0.1) is 32.0 Å². The van der Waals surface area contributed by atoms with E-state index in [9.17, 15) is 45.6 Å². The van der Waals surface area contributed by atoms with Crippen LogP contribution in [0.2, 0.25) is 0 Å². The number of carbonyl (C=O) groups excluding carboxylic acids is 1. The van der Waals surface area contributed by atoms with Crippen LogP contribution >= 0.6 is 0 Å². The number of nitrogens with one attached hydrogen (secondary N) is 1. The zero-order valence-corrected chi connectivity index (χ0v) is 60.1. The van der Waals surface area contributed by atoms with Crippen molar-refractivity contribution >= 4 is 5.91 Å². The molecule has 0 aromatic carbocycles. The summed E-state index contributed by atoms with van der Waals surface area (Å²) in [5.74, 6) is -0.195. The maximum Gasteiger partial charge on any atom is 0.220 e. The third-order valence-electron chi connectivity index (χ3n) is 20.3. The van der Waals surface area contributed by atoms with Gasteiger partial charge in [-0.3, -0.25) is 4.79 Å². The van der Waals surface area contributed by atoms with Gasteiger partial charge >= 0.3 is 0 Å². The molecule has 0 saturated carbocycles. The van der Waals surface area contributed by atoms with Gasteiger partial charge in [0.15, 0.2) is 12.6 Å². The molecule has 0 aromatic heterocycles. The number of aliphatic hydroxyl groups is 8. The Kier molecular flexibility index (Phi) is 60.0. The molecule has 2 saturated heterocycles. The zero-order valence-electron chi connectivity index (χ0n) is 60.1. The number of ether oxygens (including phenoxy) is 4. The Labute approximate surface area is 565 Å². The summed E-state index contributed by atoms with van der Waals surface area (Å²) in [5, 5.41) is 87.9. The minimum absolute atomic E-state index is 0.195. The number of carbonyl (C=O) groups is 1. The topological polar surface area (TPSA) is 228 Å². The Balaban J connectivity index is 1.60. The Morgan fingerprint density at radius 2 is 0.620 bits per heavy atom. The first kappa shape index (κ1) is 87.1. The molecule has 0 aromatic rings. The summed E-state index contributed by atoms with van der Waals surface area (Å²) in [4.78, 5) is 13.4. The van der Waals surface area contributed by atoms with E-state index in [1.807, 2.05) is 0 Å². The van der Waals surface area contributed by atoms with E-state index < -0.39 is 86.8 Å². The van der Waals surface area contributed by atoms with Crippen molar-refractivity contribution in [3.8, 4) is 0 Å². The van der Waals surface area contributed by atoms with Gasteiger partial charge in [0.2, 0.25) is 5.91 Å². The van der Waals surface area contributed by atoms with Crippen molar-refractivity contribution in [2.75, 3.05) is 19.8 Å². The lowest BCUT2D eigenvalue weighted by atomic mass is 9.97. The van der Waals surface area contributed by atoms with E-state index in [1.54, 1.807) is 0 Å². The predicted molar refractivity (Wildman–Crippen MR) is 379 cm³/mol. The fourth-order valence-corrected chi connectivity index (χ4v) is 14.0. The van der Waals surface area contributed by atoms with Crippen LogP contribution in [-0.2, 0) is 23.7 Å². The lowest BCUT2D eigenvalue weighted by Crippen LogP contribution is -2.65. The van der Waals surface area contributed by atoms with Crippen LogP contribution in [-0.4, -0.2) is 140 Å². The van der Waals surface area contributed by atoms with Crippen molar-refractivity contribution in [1.29, 1.82) is 0 Å². The summed E-state index contributed by atoms with van der Waals surface area (Å²) >= 11 is 0. The SMILES string of the molecule is CCCCCCCCCCCCCCCCCCCCCCCCCCCCCCCCCC(O)C(COC1OC(CO)C(OC2OC(CO)C(O)C(O)C2O)C(O)C1O)NC(=O)CCCCCCCCCCCCCCCCCCCCCCCCCCCCC. The molecule has 2 aliphatic heterocycles. The van der Waals surface area contributed by atoms with E-state index in [1.165, 1.54) is 321 Å². The van der Waals surface area contributed by atoms with Crippen LogP contribution in [0.1, 0.15) is 399 Å². The Morgan fingerprint density at radius 3 is 0.924 bits per heavy atom. The van der Waals surface area contributed by atoms with Gasteiger partial charge in [0, 0.05) is 6.42 Å². The fraction of sp³-hybridized carbons (Fsp3) is 0.987. The minimum atomic E-state index is -1.78. The molecule has 1 amide bonds. The first-order valence-corrected chi connectivity index (χ1v) is 40.3. The Hall–Kier alpha value is -1.01. The van der Waals surface area contributed by atoms with Gasteiger partial charge in [-0.15, -0.1) is 0 Å². The van der Waals surface area contributed by atoms with Gasteiger partial charge in [-0.2, -0.15) is 0 Å². The monoisotopic (exact) mass is 1310 g/mol. The average Bonchev–Trinajstić information content (AvgIpc) is 0.850. The standard InChI is InChI=1S/C78H153NO13/c1-3-5-7-9-11-13-15-17-19-21-23-25-27-29-31-32-33-34-36-37-39-41-43-45-47-49-51-53-55-57-59-61-67(82)66(65-89-77-75(88)73(86)76(69(64-81)91-77)92-78-74(87)72(85)71(84)68(63-80)90-78)79-70(83)62-60-58-56-54-52-50-48-46-44-42-40-38-35-30-28-26-24-22-20-18-16-14-12-10-8-6-4-2/h66-69,71-78,80-82,84-88H,3-65H2,1-2H3,(H,79,83). The molecule has 0 spiro atoms. The van der Waals surface area contributed by atoms with E-state index in [2.05, 4.69) is 19.2 Å². The number of hydrogen-bond acceptors (Lipinski definition) is 13. The average molecular weight is 1310 g/mol. The molecular formula is C78H153NO13. The molecule has 12 atom stereocenters. The van der Waals surface area contributed by atoms with Crippen molar-refractivity contribution in [2.24, 2.45) is 0 Å². The highest BCUT2D eigenvalue weighted by atomic mass is 16.7. The molecular weight excluding hydrogens is 1160 g/mol. The van der Waals surface area contributed by atoms with E-state index in [4.69, 9.17) is 18.9 Å². The van der Waals surface area contributed by atoms with Crippen LogP contribution < -0.4 is 5.32 Å². The number of amides is 1. The van der Waals surface area contributed by atoms with Crippen LogP contribution in [0.3, 0.4) is 0 Å². The largest absolute Gasteiger partial charge is 0.394 e. The maximum atomic E-state index is 13.4. The number of unbranched alkanes of at least 4 members (excludes halogenated alkanes) is 56. The van der Waals surface area contributed by atoms with Crippen molar-refractivity contribution in [2.45, 2.75) is 473 Å². The highest BCUT2D eigenvalue weighted by Gasteiger charge is 2.51. The van der Waals surface area contributed by atoms with Gasteiger partial charge in [-0.1, -0.05) is 380 Å². The third-order valence-corrected chi connectivity index (χ3v) is 20.3. The molecule has 0 aliphatic carbocycles. The third kappa shape index (κ3) is 46.3. The Bertz CT molecular complexity index is 1550. The maximum absolute atomic E-state index is 13.4. The second-order valence-electron chi connectivity index (χ2n) is 28.9. The highest BCUT2D eigenvalue weighted by Crippen LogP contribution is 2.31. The Morgan fingerprint density at radius 1 is 0.348 bits per heavy atom. The van der Waals surface area contributed by atoms with Gasteiger partial charge in [0.25, 0.3) is 0 Å². The van der Waals surface area contributed by atoms with E-state index in [0.717, 1.165) is 51.4 Å². The zero-order chi connectivity index (χ0) is 66.6. The van der Waals surface area contributed by atoms with Crippen molar-refractivity contribution in [3.63, 3.8) is 0 Å². The number of aliphatic hydroxyl groups excluding tert-OH is 8. The van der Waals surface area contributed by atoms with Gasteiger partial charge in [0.1, 0.15) is 48.8 Å². The van der Waals surface area contributed by atoms with Crippen molar-refractivity contribution in [3.05, 3.63) is 0 Å². The van der Waals surface area contributed by atoms with Gasteiger partial charge in [-0.05, 0) is 12.8 Å². The van der Waals surface area contributed by atoms with Crippen LogP contribution in [0, 0.1) is 0 Å². The molecule has 2 aliphatic rings. The molecule has 14 heteroatoms. The van der Waals surface area contributed by atoms with Crippen LogP contribution in [0.4, 0.5) is 0 Å². The van der Waals surface area contributed by atoms with E-state index in [-0.39, 0.29) is 12.5 Å². The molecule has 12 unspecified atom stereocenters. The predicted octanol–water partition coefficient (Wildman–Crippen LogP) is 17.9. The first-order valence-electron chi connectivity index (χ1n) is 40.3. The molecule has 14 nitrogen and oxygen atoms in total. The molecule has 2 rings (SSSR count). The normalized spacial score (nSPS) is 22.5. The van der Waals surface area contributed by atoms with Crippen LogP contribution in [0.15, 0.2) is 0 Å². The van der Waals surface area contributed by atoms with Crippen molar-refractivity contribution in [1.82, 2.24) is 5.32 Å². The first-order chi connectivity index (χ1) is 45.1. The van der Waals surface area contributed by atoms with Crippen LogP contribution in [0.5, 0.6) is 0 Å². The smallest absolute Gasteiger partial charge is 0.220 e. The molecule has 0 bridgehead atoms. The summed E-state index contributed by atoms with van der Waals surface area (Å²) < 4.78 is 23.0. The molecule has 0 radical (unpaired) electrons. The van der Waals surface area contributed by atoms with Gasteiger partial charge in [-0.25, -0.2) is 0 Å². The van der Waals surface area contributed by atoms with Gasteiger partial charge < -0.3 is 65.1 Å². The number of hydrogen-bond donors (Lipinski definition) is 9. The summed E-state index contributed by atoms with van der Waals surface area (Å²) in [6, 6.07) is -0.825. The molecule has 2 heterocycles. The second-order valence-corrected chi connectivity index (χ2v) is 28.9. The summed E-state index contributed by atoms with van der Waals surface area (Å²) in [7, 11) is 0. The molecule has 2 fully saturated rings. The minimum Gasteiger partial charge on any atom is -0.394 e. The molecule has 92 heavy (non-hydrogen) atoms. The highest BCUT2D eigenvalue weighted by molar-refractivity contribution is 5.76. The van der Waals surface area contributed by atoms with Crippen LogP contribution in [0.25, 0.3) is 0 Å². The van der Waals surface area contributed by atoms with E-state index >= 15 is 0 Å². The lowest BCUT2D eigenvalue weighted by Gasteiger charge is -2.46. The summed E-state index contributed by atoms with van der Waals surface area (Å²) in [6.07, 6.45) is 61.5. The second kappa shape index (κ2) is 63.4. The van der Waals surface area contributed by atoms with Crippen molar-refractivity contribution < 1.29 is 64.6 Å². The fourth-order valence-electron chi connectivity index (χ4n) is 14.0. The van der Waals surface area contributed by atoms with E-state index in [0.29, 0.717) is 12.8 Å². The summed E-state index contributed by atoms with van der Waals surface area (Å²) in [5.41, 5.74) is 0. The quantitative estimate of drug-likeness (QED) is 0.0259. The molecule has 548 valence electrons. The lowest BCUT2D eigenvalue weighted by molar-refractivity contribution is -0.359.